The lowest BCUT2D eigenvalue weighted by Crippen LogP contribution is -2.43. The summed E-state index contributed by atoms with van der Waals surface area (Å²) in [6.07, 6.45) is 2.28. The van der Waals surface area contributed by atoms with Crippen molar-refractivity contribution in [2.45, 2.75) is 25.8 Å². The van der Waals surface area contributed by atoms with E-state index in [2.05, 4.69) is 22.9 Å². The molecule has 1 fully saturated rings. The molecule has 2 rings (SSSR count). The number of rotatable bonds is 2. The average Bonchev–Trinajstić information content (AvgIpc) is 2.71. The number of nitriles is 1. The van der Waals surface area contributed by atoms with Crippen LogP contribution in [0.1, 0.15) is 24.6 Å². The molecule has 1 aliphatic rings. The van der Waals surface area contributed by atoms with Crippen LogP contribution in [0.3, 0.4) is 0 Å². The molecule has 0 bridgehead atoms. The summed E-state index contributed by atoms with van der Waals surface area (Å²) < 4.78 is 0. The first-order valence-corrected chi connectivity index (χ1v) is 6.88. The second-order valence-electron chi connectivity index (χ2n) is 4.41. The Morgan fingerprint density at radius 3 is 3.00 bits per heavy atom. The van der Waals surface area contributed by atoms with Gasteiger partial charge in [-0.2, -0.15) is 5.26 Å². The van der Waals surface area contributed by atoms with Crippen molar-refractivity contribution in [3.05, 3.63) is 10.0 Å². The highest BCUT2D eigenvalue weighted by Gasteiger charge is 2.27. The fourth-order valence-corrected chi connectivity index (χ4v) is 3.28. The van der Waals surface area contributed by atoms with E-state index in [1.165, 1.54) is 17.8 Å². The van der Waals surface area contributed by atoms with Crippen LogP contribution in [0.4, 0.5) is 5.13 Å². The molecule has 0 radical (unpaired) electrons. The van der Waals surface area contributed by atoms with Gasteiger partial charge < -0.3 is 10.6 Å². The molecular formula is C11H15ClN4S. The Balaban J connectivity index is 2.22. The zero-order valence-corrected chi connectivity index (χ0v) is 11.3. The van der Waals surface area contributed by atoms with Crippen LogP contribution in [-0.4, -0.2) is 24.1 Å². The molecule has 4 nitrogen and oxygen atoms in total. The SMILES string of the molecule is CC1CCC(CN)CN1c1nc(Cl)c(C#N)s1. The zero-order chi connectivity index (χ0) is 12.4. The lowest BCUT2D eigenvalue weighted by molar-refractivity contribution is 0.373. The molecular weight excluding hydrogens is 256 g/mol. The van der Waals surface area contributed by atoms with Crippen LogP contribution in [0.25, 0.3) is 0 Å². The number of thiazole rings is 1. The number of anilines is 1. The van der Waals surface area contributed by atoms with E-state index in [1.807, 2.05) is 0 Å². The fourth-order valence-electron chi connectivity index (χ4n) is 2.12. The highest BCUT2D eigenvalue weighted by Crippen LogP contribution is 2.33. The summed E-state index contributed by atoms with van der Waals surface area (Å²) >= 11 is 7.27. The Bertz CT molecular complexity index is 439. The first-order valence-electron chi connectivity index (χ1n) is 5.68. The van der Waals surface area contributed by atoms with E-state index >= 15 is 0 Å². The first-order chi connectivity index (χ1) is 8.15. The Labute approximate surface area is 110 Å². The molecule has 2 unspecified atom stereocenters. The van der Waals surface area contributed by atoms with E-state index in [0.29, 0.717) is 28.5 Å². The number of nitrogens with two attached hydrogens (primary N) is 1. The van der Waals surface area contributed by atoms with Gasteiger partial charge in [0.05, 0.1) is 0 Å². The van der Waals surface area contributed by atoms with E-state index in [-0.39, 0.29) is 0 Å². The van der Waals surface area contributed by atoms with Gasteiger partial charge in [-0.15, -0.1) is 0 Å². The fraction of sp³-hybridized carbons (Fsp3) is 0.636. The van der Waals surface area contributed by atoms with E-state index in [4.69, 9.17) is 22.6 Å². The molecule has 0 aliphatic carbocycles. The van der Waals surface area contributed by atoms with Crippen LogP contribution in [0.15, 0.2) is 0 Å². The van der Waals surface area contributed by atoms with Crippen molar-refractivity contribution in [1.29, 1.82) is 5.26 Å². The molecule has 0 aromatic carbocycles. The number of piperidine rings is 1. The number of aromatic nitrogens is 1. The molecule has 0 amide bonds. The highest BCUT2D eigenvalue weighted by atomic mass is 35.5. The second kappa shape index (κ2) is 5.21. The smallest absolute Gasteiger partial charge is 0.188 e. The largest absolute Gasteiger partial charge is 0.345 e. The maximum absolute atomic E-state index is 8.89. The van der Waals surface area contributed by atoms with Gasteiger partial charge in [-0.25, -0.2) is 4.98 Å². The van der Waals surface area contributed by atoms with Gasteiger partial charge in [-0.3, -0.25) is 0 Å². The summed E-state index contributed by atoms with van der Waals surface area (Å²) in [4.78, 5) is 6.98. The molecule has 0 saturated carbocycles. The predicted molar refractivity (Wildman–Crippen MR) is 70.4 cm³/mol. The van der Waals surface area contributed by atoms with Crippen molar-refractivity contribution in [3.8, 4) is 6.07 Å². The molecule has 17 heavy (non-hydrogen) atoms. The Morgan fingerprint density at radius 2 is 2.41 bits per heavy atom. The number of hydrogen-bond donors (Lipinski definition) is 1. The van der Waals surface area contributed by atoms with E-state index in [1.54, 1.807) is 0 Å². The summed E-state index contributed by atoms with van der Waals surface area (Å²) in [5, 5.41) is 10.1. The molecule has 2 atom stereocenters. The van der Waals surface area contributed by atoms with Gasteiger partial charge in [-0.1, -0.05) is 22.9 Å². The van der Waals surface area contributed by atoms with Gasteiger partial charge in [0.2, 0.25) is 0 Å². The van der Waals surface area contributed by atoms with Crippen LogP contribution in [0.5, 0.6) is 0 Å². The monoisotopic (exact) mass is 270 g/mol. The lowest BCUT2D eigenvalue weighted by atomic mass is 9.94. The minimum Gasteiger partial charge on any atom is -0.345 e. The summed E-state index contributed by atoms with van der Waals surface area (Å²) in [6, 6.07) is 2.50. The van der Waals surface area contributed by atoms with Gasteiger partial charge in [0.25, 0.3) is 0 Å². The molecule has 92 valence electrons. The van der Waals surface area contributed by atoms with Crippen LogP contribution >= 0.6 is 22.9 Å². The zero-order valence-electron chi connectivity index (χ0n) is 9.69. The highest BCUT2D eigenvalue weighted by molar-refractivity contribution is 7.16. The first kappa shape index (κ1) is 12.6. The number of nitrogens with zero attached hydrogens (tertiary/aromatic N) is 3. The normalized spacial score (nSPS) is 24.7. The van der Waals surface area contributed by atoms with Gasteiger partial charge in [0.1, 0.15) is 10.9 Å². The molecule has 1 saturated heterocycles. The van der Waals surface area contributed by atoms with E-state index in [9.17, 15) is 0 Å². The second-order valence-corrected chi connectivity index (χ2v) is 5.74. The minimum absolute atomic E-state index is 0.314. The molecule has 2 N–H and O–H groups in total. The van der Waals surface area contributed by atoms with Crippen LogP contribution in [0, 0.1) is 17.2 Å². The molecule has 2 heterocycles. The summed E-state index contributed by atoms with van der Waals surface area (Å²) in [6.45, 7) is 3.79. The molecule has 1 aromatic heterocycles. The molecule has 0 spiro atoms. The predicted octanol–water partition coefficient (Wildman–Crippen LogP) is 2.23. The summed E-state index contributed by atoms with van der Waals surface area (Å²) in [5.74, 6) is 0.513. The third kappa shape index (κ3) is 2.54. The quantitative estimate of drug-likeness (QED) is 0.895. The minimum atomic E-state index is 0.314. The van der Waals surface area contributed by atoms with E-state index in [0.717, 1.165) is 18.1 Å². The summed E-state index contributed by atoms with van der Waals surface area (Å²) in [7, 11) is 0. The molecule has 1 aromatic rings. The third-order valence-corrected chi connectivity index (χ3v) is 4.62. The molecule has 6 heteroatoms. The van der Waals surface area contributed by atoms with Crippen LogP contribution in [0.2, 0.25) is 5.15 Å². The van der Waals surface area contributed by atoms with Gasteiger partial charge in [0, 0.05) is 12.6 Å². The van der Waals surface area contributed by atoms with Crippen molar-refractivity contribution in [2.75, 3.05) is 18.0 Å². The number of halogens is 1. The van der Waals surface area contributed by atoms with Crippen molar-refractivity contribution in [2.24, 2.45) is 11.7 Å². The van der Waals surface area contributed by atoms with Gasteiger partial charge in [-0.05, 0) is 32.2 Å². The average molecular weight is 271 g/mol. The summed E-state index contributed by atoms with van der Waals surface area (Å²) in [5.41, 5.74) is 5.73. The maximum atomic E-state index is 8.89. The van der Waals surface area contributed by atoms with Crippen molar-refractivity contribution >= 4 is 28.1 Å². The van der Waals surface area contributed by atoms with Crippen LogP contribution < -0.4 is 10.6 Å². The van der Waals surface area contributed by atoms with E-state index < -0.39 is 0 Å². The Morgan fingerprint density at radius 1 is 1.65 bits per heavy atom. The standard InChI is InChI=1S/C11H15ClN4S/c1-7-2-3-8(4-13)6-16(7)11-15-10(12)9(5-14)17-11/h7-8H,2-4,6,13H2,1H3. The topological polar surface area (TPSA) is 65.9 Å². The van der Waals surface area contributed by atoms with Crippen molar-refractivity contribution < 1.29 is 0 Å². The van der Waals surface area contributed by atoms with Gasteiger partial charge >= 0.3 is 0 Å². The Hall–Kier alpha value is -0.830. The van der Waals surface area contributed by atoms with Gasteiger partial charge in [0.15, 0.2) is 10.3 Å². The van der Waals surface area contributed by atoms with Crippen molar-refractivity contribution in [1.82, 2.24) is 4.98 Å². The Kier molecular flexibility index (Phi) is 3.87. The maximum Gasteiger partial charge on any atom is 0.188 e. The lowest BCUT2D eigenvalue weighted by Gasteiger charge is -2.37. The van der Waals surface area contributed by atoms with Crippen LogP contribution in [-0.2, 0) is 0 Å². The molecule has 1 aliphatic heterocycles. The van der Waals surface area contributed by atoms with Crippen molar-refractivity contribution in [3.63, 3.8) is 0 Å². The number of hydrogen-bond acceptors (Lipinski definition) is 5. The third-order valence-electron chi connectivity index (χ3n) is 3.23.